The zero-order chi connectivity index (χ0) is 46.1. The summed E-state index contributed by atoms with van der Waals surface area (Å²) in [6, 6.07) is 62.9. The third-order valence-electron chi connectivity index (χ3n) is 13.9. The van der Waals surface area contributed by atoms with Crippen molar-refractivity contribution in [1.82, 2.24) is 0 Å². The third-order valence-corrected chi connectivity index (χ3v) is 13.9. The van der Waals surface area contributed by atoms with E-state index >= 15 is 0 Å². The highest BCUT2D eigenvalue weighted by Gasteiger charge is 2.54. The second-order valence-electron chi connectivity index (χ2n) is 17.5. The Kier molecular flexibility index (Phi) is 14.8. The lowest BCUT2D eigenvalue weighted by atomic mass is 9.54. The molecule has 0 saturated carbocycles. The second kappa shape index (κ2) is 20.7. The quantitative estimate of drug-likeness (QED) is 0.137. The predicted octanol–water partition coefficient (Wildman–Crippen LogP) is 16.1. The molecule has 7 aromatic carbocycles. The zero-order valence-corrected chi connectivity index (χ0v) is 40.0. The van der Waals surface area contributed by atoms with Gasteiger partial charge in [0.15, 0.2) is 0 Å². The van der Waals surface area contributed by atoms with Gasteiger partial charge in [0.25, 0.3) is 0 Å². The van der Waals surface area contributed by atoms with Crippen molar-refractivity contribution in [3.8, 4) is 22.3 Å². The number of nitrogens with two attached hydrogens (primary N) is 2. The fourth-order valence-corrected chi connectivity index (χ4v) is 10.8. The molecule has 4 N–H and O–H groups in total. The van der Waals surface area contributed by atoms with E-state index < -0.39 is 0 Å². The lowest BCUT2D eigenvalue weighted by Gasteiger charge is -2.48. The third kappa shape index (κ3) is 8.54. The summed E-state index contributed by atoms with van der Waals surface area (Å²) in [7, 11) is 0. The maximum absolute atomic E-state index is 4.00. The SMILES string of the molecule is CC.CC.CC(c1ccccc1)c1ccccc1.Cc1ccc(-c2ccc3c(c2)C=C(c2cccc4c2-c2ccccc2C42C4=C(CCC=C4)C(C)(C)c4ccccc42)CC3)cc1.NN. The standard InChI is InChI=1S/C45H38.C14H14.2C2H6.H4N2/c1-29-19-21-30(22-20-29)32-25-23-31-24-26-33(28-34(31)27-32)35-12-10-18-42-43(35)36-11-4-5-13-37(36)45(42)40-16-8-6-14-38(40)44(2,3)39-15-7-9-17-41(39)45;1-12(13-8-4-2-5-9-13)14-10-6-3-7-11-14;3*1-2/h4-6,8-14,16-23,25,27-28H,7,15,24,26H2,1-3H3;2-12H,1H3;2*1-2H3;1-2H2. The Hall–Kier alpha value is -6.32. The van der Waals surface area contributed by atoms with E-state index in [0.717, 1.165) is 25.7 Å². The molecule has 1 unspecified atom stereocenters. The van der Waals surface area contributed by atoms with Gasteiger partial charge in [0.05, 0.1) is 5.41 Å². The Bertz CT molecular complexity index is 2760. The number of hydrogen-bond donors (Lipinski definition) is 2. The van der Waals surface area contributed by atoms with Crippen molar-refractivity contribution in [2.24, 2.45) is 11.7 Å². The molecule has 7 aromatic rings. The van der Waals surface area contributed by atoms with E-state index in [2.05, 4.69) is 227 Å². The molecule has 0 bridgehead atoms. The smallest absolute Gasteiger partial charge is 0.0716 e. The van der Waals surface area contributed by atoms with E-state index in [1.165, 1.54) is 89.0 Å². The molecule has 1 spiro atoms. The van der Waals surface area contributed by atoms with Crippen LogP contribution in [0.4, 0.5) is 0 Å². The topological polar surface area (TPSA) is 52.0 Å². The maximum Gasteiger partial charge on any atom is 0.0716 e. The number of hydrogen-bond acceptors (Lipinski definition) is 2. The van der Waals surface area contributed by atoms with Crippen molar-refractivity contribution in [2.45, 2.75) is 97.8 Å². The second-order valence-corrected chi connectivity index (χ2v) is 17.5. The summed E-state index contributed by atoms with van der Waals surface area (Å²) in [5.74, 6) is 8.48. The first-order chi connectivity index (χ1) is 31.9. The summed E-state index contributed by atoms with van der Waals surface area (Å²) in [5, 5.41) is 0. The van der Waals surface area contributed by atoms with Gasteiger partial charge in [0.2, 0.25) is 0 Å². The summed E-state index contributed by atoms with van der Waals surface area (Å²) >= 11 is 0. The summed E-state index contributed by atoms with van der Waals surface area (Å²) in [5.41, 5.74) is 23.7. The van der Waals surface area contributed by atoms with E-state index in [0.29, 0.717) is 5.92 Å². The van der Waals surface area contributed by atoms with Crippen LogP contribution < -0.4 is 11.7 Å². The van der Waals surface area contributed by atoms with E-state index in [4.69, 9.17) is 0 Å². The molecular formula is C63H68N2. The van der Waals surface area contributed by atoms with Gasteiger partial charge in [-0.05, 0) is 122 Å². The molecule has 11 rings (SSSR count). The number of aryl methyl sites for hydroxylation is 2. The molecule has 0 amide bonds. The average molecular weight is 853 g/mol. The summed E-state index contributed by atoms with van der Waals surface area (Å²) < 4.78 is 0. The molecule has 0 aromatic heterocycles. The highest BCUT2D eigenvalue weighted by Crippen LogP contribution is 2.64. The summed E-state index contributed by atoms with van der Waals surface area (Å²) in [6.07, 6.45) is 11.8. The molecule has 4 aliphatic rings. The first kappa shape index (κ1) is 46.7. The van der Waals surface area contributed by atoms with Crippen LogP contribution in [0.1, 0.15) is 129 Å². The molecule has 0 saturated heterocycles. The van der Waals surface area contributed by atoms with Gasteiger partial charge in [-0.25, -0.2) is 0 Å². The number of rotatable bonds is 4. The number of hydrazine groups is 1. The van der Waals surface area contributed by atoms with Crippen LogP contribution in [-0.2, 0) is 17.3 Å². The Balaban J connectivity index is 0.000000266. The average Bonchev–Trinajstić information content (AvgIpc) is 3.69. The Morgan fingerprint density at radius 3 is 1.74 bits per heavy atom. The molecule has 0 heterocycles. The van der Waals surface area contributed by atoms with Crippen LogP contribution in [0.2, 0.25) is 0 Å². The van der Waals surface area contributed by atoms with Gasteiger partial charge in [-0.15, -0.1) is 0 Å². The minimum absolute atomic E-state index is 0.00199. The Morgan fingerprint density at radius 2 is 1.08 bits per heavy atom. The van der Waals surface area contributed by atoms with Gasteiger partial charge in [0.1, 0.15) is 0 Å². The summed E-state index contributed by atoms with van der Waals surface area (Å²) in [4.78, 5) is 0. The predicted molar refractivity (Wildman–Crippen MR) is 281 cm³/mol. The van der Waals surface area contributed by atoms with Crippen molar-refractivity contribution in [3.63, 3.8) is 0 Å². The van der Waals surface area contributed by atoms with E-state index in [1.54, 1.807) is 5.57 Å². The van der Waals surface area contributed by atoms with Crippen LogP contribution >= 0.6 is 0 Å². The van der Waals surface area contributed by atoms with Gasteiger partial charge in [-0.1, -0.05) is 242 Å². The van der Waals surface area contributed by atoms with Crippen molar-refractivity contribution in [3.05, 3.63) is 249 Å². The van der Waals surface area contributed by atoms with Crippen LogP contribution in [0.3, 0.4) is 0 Å². The monoisotopic (exact) mass is 853 g/mol. The van der Waals surface area contributed by atoms with E-state index in [9.17, 15) is 0 Å². The minimum Gasteiger partial charge on any atom is -0.274 e. The molecule has 2 heteroatoms. The molecule has 4 aliphatic carbocycles. The Morgan fingerprint density at radius 1 is 0.523 bits per heavy atom. The maximum atomic E-state index is 4.00. The molecule has 65 heavy (non-hydrogen) atoms. The van der Waals surface area contributed by atoms with E-state index in [-0.39, 0.29) is 10.8 Å². The van der Waals surface area contributed by atoms with Gasteiger partial charge in [-0.2, -0.15) is 0 Å². The van der Waals surface area contributed by atoms with Crippen molar-refractivity contribution in [1.29, 1.82) is 0 Å². The number of allylic oxidation sites excluding steroid dienone is 5. The van der Waals surface area contributed by atoms with E-state index in [1.807, 2.05) is 27.7 Å². The van der Waals surface area contributed by atoms with Crippen LogP contribution in [0.25, 0.3) is 33.9 Å². The Labute approximate surface area is 390 Å². The first-order valence-electron chi connectivity index (χ1n) is 23.9. The fraction of sp³-hybridized carbons (Fsp3) is 0.238. The first-order valence-corrected chi connectivity index (χ1v) is 23.9. The lowest BCUT2D eigenvalue weighted by Crippen LogP contribution is -2.41. The number of fused-ring (bicyclic) bond motifs is 9. The van der Waals surface area contributed by atoms with Crippen LogP contribution in [0.5, 0.6) is 0 Å². The highest BCUT2D eigenvalue weighted by atomic mass is 15.0. The van der Waals surface area contributed by atoms with Crippen molar-refractivity contribution >= 4 is 11.6 Å². The van der Waals surface area contributed by atoms with Crippen molar-refractivity contribution in [2.75, 3.05) is 0 Å². The van der Waals surface area contributed by atoms with Crippen LogP contribution in [0, 0.1) is 6.92 Å². The molecule has 1 atom stereocenters. The van der Waals surface area contributed by atoms with Gasteiger partial charge < -0.3 is 0 Å². The van der Waals surface area contributed by atoms with Gasteiger partial charge in [-0.3, -0.25) is 11.7 Å². The lowest BCUT2D eigenvalue weighted by molar-refractivity contribution is 0.524. The molecule has 330 valence electrons. The molecule has 0 radical (unpaired) electrons. The normalized spacial score (nSPS) is 16.5. The largest absolute Gasteiger partial charge is 0.274 e. The number of benzene rings is 7. The summed E-state index contributed by atoms with van der Waals surface area (Å²) in [6.45, 7) is 17.3. The highest BCUT2D eigenvalue weighted by molar-refractivity contribution is 5.98. The molecule has 0 aliphatic heterocycles. The van der Waals surface area contributed by atoms with Gasteiger partial charge in [0, 0.05) is 11.3 Å². The zero-order valence-electron chi connectivity index (χ0n) is 40.0. The van der Waals surface area contributed by atoms with Gasteiger partial charge >= 0.3 is 0 Å². The van der Waals surface area contributed by atoms with Crippen molar-refractivity contribution < 1.29 is 0 Å². The van der Waals surface area contributed by atoms with Crippen LogP contribution in [0.15, 0.2) is 193 Å². The minimum atomic E-state index is -0.300. The molecule has 2 nitrogen and oxygen atoms in total. The fourth-order valence-electron chi connectivity index (χ4n) is 10.8. The molecular weight excluding hydrogens is 785 g/mol. The van der Waals surface area contributed by atoms with Crippen LogP contribution in [-0.4, -0.2) is 0 Å². The molecule has 0 fully saturated rings.